The highest BCUT2D eigenvalue weighted by atomic mass is 19.1. The second-order valence-electron chi connectivity index (χ2n) is 9.39. The third-order valence-electron chi connectivity index (χ3n) is 7.10. The highest BCUT2D eigenvalue weighted by Crippen LogP contribution is 2.38. The number of rotatable bonds is 7. The van der Waals surface area contributed by atoms with Crippen LogP contribution in [0.1, 0.15) is 49.7 Å². The van der Waals surface area contributed by atoms with Crippen LogP contribution in [0, 0.1) is 17.6 Å². The smallest absolute Gasteiger partial charge is 0.231 e. The second-order valence-corrected chi connectivity index (χ2v) is 9.39. The van der Waals surface area contributed by atoms with E-state index in [0.717, 1.165) is 42.6 Å². The minimum Gasteiger partial charge on any atom is -0.352 e. The van der Waals surface area contributed by atoms with Gasteiger partial charge in [0.25, 0.3) is 0 Å². The van der Waals surface area contributed by atoms with Crippen molar-refractivity contribution in [1.29, 1.82) is 0 Å². The quantitative estimate of drug-likeness (QED) is 0.635. The number of amidine groups is 1. The van der Waals surface area contributed by atoms with Crippen molar-refractivity contribution in [3.8, 4) is 0 Å². The van der Waals surface area contributed by atoms with Crippen LogP contribution in [-0.4, -0.2) is 39.8 Å². The predicted molar refractivity (Wildman–Crippen MR) is 126 cm³/mol. The van der Waals surface area contributed by atoms with Crippen molar-refractivity contribution in [3.63, 3.8) is 0 Å². The van der Waals surface area contributed by atoms with Crippen molar-refractivity contribution in [2.45, 2.75) is 63.9 Å². The summed E-state index contributed by atoms with van der Waals surface area (Å²) in [5, 5.41) is 7.40. The van der Waals surface area contributed by atoms with E-state index in [-0.39, 0.29) is 41.8 Å². The summed E-state index contributed by atoms with van der Waals surface area (Å²) < 4.78 is 26.5. The van der Waals surface area contributed by atoms with Gasteiger partial charge in [0.05, 0.1) is 5.92 Å². The van der Waals surface area contributed by atoms with Crippen LogP contribution >= 0.6 is 0 Å². The lowest BCUT2D eigenvalue weighted by molar-refractivity contribution is -0.156. The third-order valence-corrected chi connectivity index (χ3v) is 7.10. The van der Waals surface area contributed by atoms with Crippen molar-refractivity contribution < 1.29 is 18.4 Å². The molecule has 0 spiro atoms. The van der Waals surface area contributed by atoms with Gasteiger partial charge < -0.3 is 10.2 Å². The zero-order valence-corrected chi connectivity index (χ0v) is 19.4. The van der Waals surface area contributed by atoms with Gasteiger partial charge in [0.2, 0.25) is 11.8 Å². The summed E-state index contributed by atoms with van der Waals surface area (Å²) in [6.45, 7) is 0.693. The van der Waals surface area contributed by atoms with E-state index in [1.165, 1.54) is 24.3 Å². The largest absolute Gasteiger partial charge is 0.352 e. The molecule has 3 unspecified atom stereocenters. The van der Waals surface area contributed by atoms with E-state index < -0.39 is 6.29 Å². The number of halogens is 2. The van der Waals surface area contributed by atoms with Gasteiger partial charge in [-0.2, -0.15) is 5.10 Å². The fourth-order valence-electron chi connectivity index (χ4n) is 5.30. The van der Waals surface area contributed by atoms with Crippen molar-refractivity contribution in [2.75, 3.05) is 0 Å². The van der Waals surface area contributed by atoms with Crippen molar-refractivity contribution in [2.24, 2.45) is 11.0 Å². The number of benzene rings is 2. The van der Waals surface area contributed by atoms with Crippen LogP contribution in [-0.2, 0) is 22.7 Å². The molecule has 2 fully saturated rings. The standard InChI is InChI=1S/C26H29F2N5O2/c27-19-9-5-17(6-10-19)15-29-24(34)14-13-23-30-31-26-32(16-18-7-11-20(28)12-8-18)25(35)21-3-1-2-4-22(21)33(23)26/h5-12,21-22,26,31H,1-4,13-16H2,(H,29,34). The molecule has 35 heavy (non-hydrogen) atoms. The summed E-state index contributed by atoms with van der Waals surface area (Å²) in [6, 6.07) is 12.3. The van der Waals surface area contributed by atoms with Gasteiger partial charge in [-0.05, 0) is 48.2 Å². The molecule has 2 aromatic carbocycles. The molecule has 0 aromatic heterocycles. The number of fused-ring (bicyclic) bond motifs is 3. The number of hydrazone groups is 1. The lowest BCUT2D eigenvalue weighted by Gasteiger charge is -2.50. The lowest BCUT2D eigenvalue weighted by Crippen LogP contribution is -2.67. The molecule has 3 aliphatic rings. The van der Waals surface area contributed by atoms with Crippen molar-refractivity contribution >= 4 is 17.6 Å². The molecule has 7 nitrogen and oxygen atoms in total. The third kappa shape index (κ3) is 4.99. The van der Waals surface area contributed by atoms with E-state index in [0.29, 0.717) is 19.5 Å². The summed E-state index contributed by atoms with van der Waals surface area (Å²) in [5.74, 6) is 0.0300. The zero-order chi connectivity index (χ0) is 24.4. The number of hydrogen-bond acceptors (Lipinski definition) is 5. The molecule has 2 aromatic rings. The molecule has 9 heteroatoms. The molecule has 5 rings (SSSR count). The van der Waals surface area contributed by atoms with E-state index >= 15 is 0 Å². The maximum atomic E-state index is 13.4. The van der Waals surface area contributed by atoms with Gasteiger partial charge in [-0.25, -0.2) is 8.78 Å². The maximum absolute atomic E-state index is 13.4. The van der Waals surface area contributed by atoms with Gasteiger partial charge in [0.15, 0.2) is 6.29 Å². The van der Waals surface area contributed by atoms with Crippen LogP contribution in [0.5, 0.6) is 0 Å². The highest BCUT2D eigenvalue weighted by molar-refractivity contribution is 5.91. The molecule has 184 valence electrons. The monoisotopic (exact) mass is 481 g/mol. The van der Waals surface area contributed by atoms with Crippen LogP contribution in [0.15, 0.2) is 53.6 Å². The maximum Gasteiger partial charge on any atom is 0.231 e. The summed E-state index contributed by atoms with van der Waals surface area (Å²) in [6.07, 6.45) is 4.11. The first-order valence-corrected chi connectivity index (χ1v) is 12.2. The molecular weight excluding hydrogens is 452 g/mol. The van der Waals surface area contributed by atoms with E-state index in [4.69, 9.17) is 0 Å². The first-order valence-electron chi connectivity index (χ1n) is 12.2. The summed E-state index contributed by atoms with van der Waals surface area (Å²) in [7, 11) is 0. The van der Waals surface area contributed by atoms with E-state index in [1.807, 2.05) is 0 Å². The Hall–Kier alpha value is -3.49. The molecule has 2 heterocycles. The molecule has 0 radical (unpaired) electrons. The van der Waals surface area contributed by atoms with Crippen LogP contribution in [0.4, 0.5) is 8.78 Å². The second kappa shape index (κ2) is 10.0. The minimum absolute atomic E-state index is 0.0572. The number of nitrogens with one attached hydrogen (secondary N) is 2. The van der Waals surface area contributed by atoms with Gasteiger partial charge >= 0.3 is 0 Å². The molecule has 1 saturated carbocycles. The van der Waals surface area contributed by atoms with E-state index in [1.54, 1.807) is 29.2 Å². The van der Waals surface area contributed by atoms with Crippen LogP contribution in [0.25, 0.3) is 0 Å². The molecule has 0 bridgehead atoms. The SMILES string of the molecule is O=C(CCC1=NNC2N(Cc3ccc(F)cc3)C(=O)C3CCCCC3N12)NCc1ccc(F)cc1. The van der Waals surface area contributed by atoms with E-state index in [2.05, 4.69) is 20.7 Å². The normalized spacial score (nSPS) is 23.3. The van der Waals surface area contributed by atoms with Crippen LogP contribution in [0.3, 0.4) is 0 Å². The average Bonchev–Trinajstić information content (AvgIpc) is 3.30. The van der Waals surface area contributed by atoms with Crippen LogP contribution in [0.2, 0.25) is 0 Å². The van der Waals surface area contributed by atoms with Crippen LogP contribution < -0.4 is 10.7 Å². The molecule has 1 aliphatic carbocycles. The highest BCUT2D eigenvalue weighted by Gasteiger charge is 2.50. The predicted octanol–water partition coefficient (Wildman–Crippen LogP) is 3.46. The van der Waals surface area contributed by atoms with Gasteiger partial charge in [0, 0.05) is 32.0 Å². The van der Waals surface area contributed by atoms with Gasteiger partial charge in [0.1, 0.15) is 17.5 Å². The van der Waals surface area contributed by atoms with Gasteiger partial charge in [-0.15, -0.1) is 0 Å². The molecule has 2 aliphatic heterocycles. The summed E-state index contributed by atoms with van der Waals surface area (Å²) >= 11 is 0. The fourth-order valence-corrected chi connectivity index (χ4v) is 5.30. The number of hydrogen-bond donors (Lipinski definition) is 2. The number of amides is 2. The Morgan fingerprint density at radius 1 is 1.00 bits per heavy atom. The molecule has 1 saturated heterocycles. The number of nitrogens with zero attached hydrogens (tertiary/aromatic N) is 3. The van der Waals surface area contributed by atoms with E-state index in [9.17, 15) is 18.4 Å². The Morgan fingerprint density at radius 2 is 1.66 bits per heavy atom. The Morgan fingerprint density at radius 3 is 2.37 bits per heavy atom. The van der Waals surface area contributed by atoms with Crippen molar-refractivity contribution in [1.82, 2.24) is 20.5 Å². The Kier molecular flexibility index (Phi) is 6.66. The Labute approximate surface area is 203 Å². The first-order chi connectivity index (χ1) is 17.0. The first kappa shape index (κ1) is 23.3. The molecule has 3 atom stereocenters. The van der Waals surface area contributed by atoms with Gasteiger partial charge in [-0.3, -0.25) is 19.9 Å². The fraction of sp³-hybridized carbons (Fsp3) is 0.423. The lowest BCUT2D eigenvalue weighted by atomic mass is 9.80. The molecular formula is C26H29F2N5O2. The number of carbonyl (C=O) groups excluding carboxylic acids is 2. The zero-order valence-electron chi connectivity index (χ0n) is 19.4. The average molecular weight is 482 g/mol. The summed E-state index contributed by atoms with van der Waals surface area (Å²) in [5.41, 5.74) is 4.80. The summed E-state index contributed by atoms with van der Waals surface area (Å²) in [4.78, 5) is 29.9. The van der Waals surface area contributed by atoms with Crippen molar-refractivity contribution in [3.05, 3.63) is 71.3 Å². The molecule has 2 N–H and O–H groups in total. The van der Waals surface area contributed by atoms with Gasteiger partial charge in [-0.1, -0.05) is 37.1 Å². The topological polar surface area (TPSA) is 77.0 Å². The Balaban J connectivity index is 1.25. The minimum atomic E-state index is -0.413. The number of carbonyl (C=O) groups is 2. The Bertz CT molecular complexity index is 1110. The molecule has 2 amide bonds.